The lowest BCUT2D eigenvalue weighted by atomic mass is 10.2. The van der Waals surface area contributed by atoms with Crippen molar-refractivity contribution in [3.8, 4) is 0 Å². The fourth-order valence-corrected chi connectivity index (χ4v) is 1.61. The molecular weight excluding hydrogens is 285 g/mol. The molecule has 22 heavy (non-hydrogen) atoms. The standard InChI is InChI=1S/C14H18FN7/c1-3-16-12-19-13(17-4-2)21-14(20-12)22-18-9-10-5-7-11(15)8-6-10/h5-9H,3-4H2,1-2H3,(H3,16,17,19,20,21,22). The topological polar surface area (TPSA) is 87.1 Å². The number of hydrogen-bond acceptors (Lipinski definition) is 7. The highest BCUT2D eigenvalue weighted by Crippen LogP contribution is 2.09. The van der Waals surface area contributed by atoms with Crippen molar-refractivity contribution in [2.45, 2.75) is 13.8 Å². The van der Waals surface area contributed by atoms with Crippen molar-refractivity contribution >= 4 is 24.1 Å². The Morgan fingerprint density at radius 2 is 1.50 bits per heavy atom. The van der Waals surface area contributed by atoms with Crippen LogP contribution in [0.1, 0.15) is 19.4 Å². The molecular formula is C14H18FN7. The monoisotopic (exact) mass is 303 g/mol. The molecule has 0 aliphatic rings. The summed E-state index contributed by atoms with van der Waals surface area (Å²) in [6.07, 6.45) is 1.56. The number of hydrazone groups is 1. The number of hydrogen-bond donors (Lipinski definition) is 3. The van der Waals surface area contributed by atoms with Crippen LogP contribution in [0, 0.1) is 5.82 Å². The van der Waals surface area contributed by atoms with Crippen molar-refractivity contribution in [3.05, 3.63) is 35.6 Å². The van der Waals surface area contributed by atoms with Crippen molar-refractivity contribution < 1.29 is 4.39 Å². The fourth-order valence-electron chi connectivity index (χ4n) is 1.61. The van der Waals surface area contributed by atoms with E-state index in [1.165, 1.54) is 12.1 Å². The van der Waals surface area contributed by atoms with E-state index in [4.69, 9.17) is 0 Å². The minimum absolute atomic E-state index is 0.284. The first-order chi connectivity index (χ1) is 10.7. The first-order valence-corrected chi connectivity index (χ1v) is 6.99. The van der Waals surface area contributed by atoms with E-state index in [0.717, 1.165) is 5.56 Å². The molecule has 1 aromatic carbocycles. The molecule has 0 spiro atoms. The molecule has 0 radical (unpaired) electrons. The Kier molecular flexibility index (Phi) is 5.58. The van der Waals surface area contributed by atoms with Crippen LogP contribution in [-0.2, 0) is 0 Å². The number of nitrogens with zero attached hydrogens (tertiary/aromatic N) is 4. The van der Waals surface area contributed by atoms with Gasteiger partial charge in [0.05, 0.1) is 6.21 Å². The molecule has 0 amide bonds. The molecule has 3 N–H and O–H groups in total. The van der Waals surface area contributed by atoms with Gasteiger partial charge in [0.15, 0.2) is 0 Å². The number of halogens is 1. The fraction of sp³-hybridized carbons (Fsp3) is 0.286. The Hall–Kier alpha value is -2.77. The molecule has 1 aromatic heterocycles. The average molecular weight is 303 g/mol. The lowest BCUT2D eigenvalue weighted by Crippen LogP contribution is -2.10. The maximum atomic E-state index is 12.8. The van der Waals surface area contributed by atoms with Crippen molar-refractivity contribution in [2.24, 2.45) is 5.10 Å². The molecule has 0 bridgehead atoms. The van der Waals surface area contributed by atoms with Crippen molar-refractivity contribution in [3.63, 3.8) is 0 Å². The zero-order valence-electron chi connectivity index (χ0n) is 12.5. The van der Waals surface area contributed by atoms with Gasteiger partial charge in [-0.1, -0.05) is 12.1 Å². The van der Waals surface area contributed by atoms with Crippen LogP contribution in [0.15, 0.2) is 29.4 Å². The van der Waals surface area contributed by atoms with Gasteiger partial charge >= 0.3 is 0 Å². The third-order valence-corrected chi connectivity index (χ3v) is 2.55. The third-order valence-electron chi connectivity index (χ3n) is 2.55. The van der Waals surface area contributed by atoms with Crippen LogP contribution in [0.25, 0.3) is 0 Å². The number of benzene rings is 1. The van der Waals surface area contributed by atoms with Crippen LogP contribution in [0.3, 0.4) is 0 Å². The first-order valence-electron chi connectivity index (χ1n) is 6.99. The van der Waals surface area contributed by atoms with Gasteiger partial charge in [-0.3, -0.25) is 0 Å². The predicted octanol–water partition coefficient (Wildman–Crippen LogP) is 2.32. The Balaban J connectivity index is 2.08. The first kappa shape index (κ1) is 15.6. The zero-order chi connectivity index (χ0) is 15.8. The maximum Gasteiger partial charge on any atom is 0.250 e. The van der Waals surface area contributed by atoms with Gasteiger partial charge in [-0.05, 0) is 31.5 Å². The predicted molar refractivity (Wildman–Crippen MR) is 85.8 cm³/mol. The normalized spacial score (nSPS) is 10.7. The molecule has 0 aliphatic carbocycles. The number of anilines is 3. The van der Waals surface area contributed by atoms with Crippen molar-refractivity contribution in [1.29, 1.82) is 0 Å². The van der Waals surface area contributed by atoms with E-state index in [1.54, 1.807) is 18.3 Å². The molecule has 8 heteroatoms. The number of aromatic nitrogens is 3. The molecule has 1 heterocycles. The molecule has 0 atom stereocenters. The summed E-state index contributed by atoms with van der Waals surface area (Å²) in [7, 11) is 0. The minimum atomic E-state index is -0.284. The van der Waals surface area contributed by atoms with E-state index in [2.05, 4.69) is 36.1 Å². The zero-order valence-corrected chi connectivity index (χ0v) is 12.5. The largest absolute Gasteiger partial charge is 0.354 e. The van der Waals surface area contributed by atoms with Gasteiger partial charge in [-0.25, -0.2) is 9.82 Å². The average Bonchev–Trinajstić information content (AvgIpc) is 2.50. The summed E-state index contributed by atoms with van der Waals surface area (Å²) < 4.78 is 12.8. The van der Waals surface area contributed by atoms with Gasteiger partial charge in [0, 0.05) is 13.1 Å². The Labute approximate surface area is 128 Å². The second-order valence-electron chi connectivity index (χ2n) is 4.29. The molecule has 0 saturated heterocycles. The smallest absolute Gasteiger partial charge is 0.250 e. The molecule has 2 aromatic rings. The quantitative estimate of drug-likeness (QED) is 0.537. The molecule has 0 aliphatic heterocycles. The number of rotatable bonds is 7. The van der Waals surface area contributed by atoms with Gasteiger partial charge in [0.1, 0.15) is 5.82 Å². The van der Waals surface area contributed by atoms with Crippen LogP contribution in [0.5, 0.6) is 0 Å². The highest BCUT2D eigenvalue weighted by atomic mass is 19.1. The Morgan fingerprint density at radius 3 is 2.05 bits per heavy atom. The summed E-state index contributed by atoms with van der Waals surface area (Å²) in [5, 5.41) is 10.1. The van der Waals surface area contributed by atoms with E-state index < -0.39 is 0 Å². The summed E-state index contributed by atoms with van der Waals surface area (Å²) in [5.41, 5.74) is 3.50. The Bertz CT molecular complexity index is 603. The van der Waals surface area contributed by atoms with E-state index in [-0.39, 0.29) is 5.82 Å². The van der Waals surface area contributed by atoms with Gasteiger partial charge in [-0.2, -0.15) is 20.1 Å². The highest BCUT2D eigenvalue weighted by Gasteiger charge is 2.04. The SMILES string of the molecule is CCNc1nc(NCC)nc(NN=Cc2ccc(F)cc2)n1. The van der Waals surface area contributed by atoms with Gasteiger partial charge in [0.25, 0.3) is 0 Å². The summed E-state index contributed by atoms with van der Waals surface area (Å²) >= 11 is 0. The van der Waals surface area contributed by atoms with Crippen molar-refractivity contribution in [2.75, 3.05) is 29.1 Å². The van der Waals surface area contributed by atoms with Crippen LogP contribution >= 0.6 is 0 Å². The van der Waals surface area contributed by atoms with Crippen LogP contribution in [-0.4, -0.2) is 34.3 Å². The Morgan fingerprint density at radius 1 is 0.955 bits per heavy atom. The lowest BCUT2D eigenvalue weighted by molar-refractivity contribution is 0.628. The number of nitrogens with one attached hydrogen (secondary N) is 3. The molecule has 0 saturated carbocycles. The maximum absolute atomic E-state index is 12.8. The van der Waals surface area contributed by atoms with Gasteiger partial charge < -0.3 is 10.6 Å². The van der Waals surface area contributed by atoms with Crippen molar-refractivity contribution in [1.82, 2.24) is 15.0 Å². The molecule has 0 fully saturated rings. The molecule has 0 unspecified atom stereocenters. The second-order valence-corrected chi connectivity index (χ2v) is 4.29. The van der Waals surface area contributed by atoms with E-state index >= 15 is 0 Å². The molecule has 116 valence electrons. The van der Waals surface area contributed by atoms with E-state index in [9.17, 15) is 4.39 Å². The van der Waals surface area contributed by atoms with Gasteiger partial charge in [-0.15, -0.1) is 0 Å². The van der Waals surface area contributed by atoms with E-state index in [1.807, 2.05) is 13.8 Å². The van der Waals surface area contributed by atoms with Crippen LogP contribution in [0.4, 0.5) is 22.2 Å². The molecule has 2 rings (SSSR count). The summed E-state index contributed by atoms with van der Waals surface area (Å²) in [6.45, 7) is 5.31. The van der Waals surface area contributed by atoms with Gasteiger partial charge in [0.2, 0.25) is 17.8 Å². The van der Waals surface area contributed by atoms with Crippen LogP contribution in [0.2, 0.25) is 0 Å². The summed E-state index contributed by atoms with van der Waals surface area (Å²) in [4.78, 5) is 12.6. The summed E-state index contributed by atoms with van der Waals surface area (Å²) in [6, 6.07) is 6.00. The third kappa shape index (κ3) is 4.65. The lowest BCUT2D eigenvalue weighted by Gasteiger charge is -2.07. The van der Waals surface area contributed by atoms with E-state index in [0.29, 0.717) is 30.9 Å². The molecule has 7 nitrogen and oxygen atoms in total. The second kappa shape index (κ2) is 7.87. The highest BCUT2D eigenvalue weighted by molar-refractivity contribution is 5.79. The summed E-state index contributed by atoms with van der Waals surface area (Å²) in [5.74, 6) is 0.967. The minimum Gasteiger partial charge on any atom is -0.354 e. The van der Waals surface area contributed by atoms with Crippen LogP contribution < -0.4 is 16.1 Å².